The predicted octanol–water partition coefficient (Wildman–Crippen LogP) is 2.33. The summed E-state index contributed by atoms with van der Waals surface area (Å²) in [5.74, 6) is 0. The minimum absolute atomic E-state index is 0.191. The average Bonchev–Trinajstić information content (AvgIpc) is 2.19. The standard InChI is InChI=1S/C15H29NO2/c1-4-18-13-10-12(15(13)6-5-7-15)16-11-14(2,3)8-9-17/h12-13,16-17H,4-11H2,1-3H3. The summed E-state index contributed by atoms with van der Waals surface area (Å²) in [5, 5.41) is 12.8. The normalized spacial score (nSPS) is 30.0. The molecule has 2 N–H and O–H groups in total. The first-order chi connectivity index (χ1) is 8.54. The molecule has 0 heterocycles. The molecule has 2 saturated carbocycles. The van der Waals surface area contributed by atoms with Gasteiger partial charge in [-0.15, -0.1) is 0 Å². The molecule has 0 radical (unpaired) electrons. The fraction of sp³-hybridized carbons (Fsp3) is 1.00. The summed E-state index contributed by atoms with van der Waals surface area (Å²) in [4.78, 5) is 0. The van der Waals surface area contributed by atoms with E-state index in [-0.39, 0.29) is 12.0 Å². The molecule has 0 saturated heterocycles. The van der Waals surface area contributed by atoms with Gasteiger partial charge in [-0.05, 0) is 38.0 Å². The van der Waals surface area contributed by atoms with Gasteiger partial charge in [0.15, 0.2) is 0 Å². The molecule has 2 aliphatic rings. The third kappa shape index (κ3) is 2.59. The van der Waals surface area contributed by atoms with E-state index in [1.165, 1.54) is 25.7 Å². The Bertz CT molecular complexity index is 274. The lowest BCUT2D eigenvalue weighted by Gasteiger charge is -2.61. The van der Waals surface area contributed by atoms with E-state index in [1.54, 1.807) is 0 Å². The maximum absolute atomic E-state index is 9.06. The second-order valence-corrected chi connectivity index (χ2v) is 6.84. The van der Waals surface area contributed by atoms with Crippen molar-refractivity contribution in [1.29, 1.82) is 0 Å². The van der Waals surface area contributed by atoms with E-state index in [0.29, 0.717) is 17.6 Å². The Morgan fingerprint density at radius 3 is 2.61 bits per heavy atom. The lowest BCUT2D eigenvalue weighted by molar-refractivity contribution is -0.173. The Morgan fingerprint density at radius 1 is 1.39 bits per heavy atom. The fourth-order valence-corrected chi connectivity index (χ4v) is 3.52. The monoisotopic (exact) mass is 255 g/mol. The van der Waals surface area contributed by atoms with Gasteiger partial charge in [-0.25, -0.2) is 0 Å². The van der Waals surface area contributed by atoms with Crippen LogP contribution in [-0.2, 0) is 4.74 Å². The maximum atomic E-state index is 9.06. The number of nitrogens with one attached hydrogen (secondary N) is 1. The van der Waals surface area contributed by atoms with E-state index in [9.17, 15) is 0 Å². The SMILES string of the molecule is CCOC1CC(NCC(C)(C)CCO)C12CCC2. The average molecular weight is 255 g/mol. The molecule has 0 amide bonds. The van der Waals surface area contributed by atoms with E-state index < -0.39 is 0 Å². The lowest BCUT2D eigenvalue weighted by atomic mass is 9.51. The molecular weight excluding hydrogens is 226 g/mol. The first-order valence-electron chi connectivity index (χ1n) is 7.50. The minimum Gasteiger partial charge on any atom is -0.396 e. The van der Waals surface area contributed by atoms with Crippen molar-refractivity contribution < 1.29 is 9.84 Å². The number of aliphatic hydroxyl groups is 1. The first kappa shape index (κ1) is 14.3. The third-order valence-corrected chi connectivity index (χ3v) is 5.05. The molecule has 2 aliphatic carbocycles. The van der Waals surface area contributed by atoms with Crippen LogP contribution in [0.4, 0.5) is 0 Å². The zero-order valence-corrected chi connectivity index (χ0v) is 12.2. The third-order valence-electron chi connectivity index (χ3n) is 5.05. The molecule has 18 heavy (non-hydrogen) atoms. The molecule has 3 heteroatoms. The summed E-state index contributed by atoms with van der Waals surface area (Å²) in [5.41, 5.74) is 0.641. The summed E-state index contributed by atoms with van der Waals surface area (Å²) in [6, 6.07) is 0.640. The van der Waals surface area contributed by atoms with E-state index in [0.717, 1.165) is 19.6 Å². The van der Waals surface area contributed by atoms with Gasteiger partial charge >= 0.3 is 0 Å². The molecule has 0 bridgehead atoms. The van der Waals surface area contributed by atoms with Crippen LogP contribution in [0.25, 0.3) is 0 Å². The van der Waals surface area contributed by atoms with Crippen molar-refractivity contribution in [1.82, 2.24) is 5.32 Å². The summed E-state index contributed by atoms with van der Waals surface area (Å²) in [6.07, 6.45) is 6.56. The van der Waals surface area contributed by atoms with Crippen LogP contribution in [0.2, 0.25) is 0 Å². The van der Waals surface area contributed by atoms with Crippen molar-refractivity contribution in [2.24, 2.45) is 10.8 Å². The highest BCUT2D eigenvalue weighted by atomic mass is 16.5. The Morgan fingerprint density at radius 2 is 2.11 bits per heavy atom. The van der Waals surface area contributed by atoms with Crippen molar-refractivity contribution in [3.63, 3.8) is 0 Å². The van der Waals surface area contributed by atoms with Crippen molar-refractivity contribution in [3.8, 4) is 0 Å². The van der Waals surface area contributed by atoms with E-state index in [1.807, 2.05) is 0 Å². The number of aliphatic hydroxyl groups excluding tert-OH is 1. The van der Waals surface area contributed by atoms with Crippen LogP contribution in [0.1, 0.15) is 52.9 Å². The molecule has 1 spiro atoms. The van der Waals surface area contributed by atoms with E-state index in [2.05, 4.69) is 26.1 Å². The molecule has 2 fully saturated rings. The first-order valence-corrected chi connectivity index (χ1v) is 7.50. The highest BCUT2D eigenvalue weighted by Crippen LogP contribution is 2.57. The van der Waals surface area contributed by atoms with Gasteiger partial charge in [0, 0.05) is 31.2 Å². The summed E-state index contributed by atoms with van der Waals surface area (Å²) in [7, 11) is 0. The highest BCUT2D eigenvalue weighted by Gasteiger charge is 2.58. The highest BCUT2D eigenvalue weighted by molar-refractivity contribution is 5.12. The van der Waals surface area contributed by atoms with Crippen LogP contribution in [0.3, 0.4) is 0 Å². The van der Waals surface area contributed by atoms with Crippen molar-refractivity contribution in [3.05, 3.63) is 0 Å². The largest absolute Gasteiger partial charge is 0.396 e. The van der Waals surface area contributed by atoms with Crippen molar-refractivity contribution >= 4 is 0 Å². The molecule has 0 aromatic rings. The Balaban J connectivity index is 1.81. The molecule has 3 nitrogen and oxygen atoms in total. The van der Waals surface area contributed by atoms with Crippen LogP contribution in [0.5, 0.6) is 0 Å². The topological polar surface area (TPSA) is 41.5 Å². The Labute approximate surface area is 111 Å². The summed E-state index contributed by atoms with van der Waals surface area (Å²) >= 11 is 0. The molecule has 0 aliphatic heterocycles. The Hall–Kier alpha value is -0.120. The smallest absolute Gasteiger partial charge is 0.0661 e. The number of hydrogen-bond acceptors (Lipinski definition) is 3. The van der Waals surface area contributed by atoms with Gasteiger partial charge in [0.1, 0.15) is 0 Å². The molecule has 2 atom stereocenters. The molecular formula is C15H29NO2. The lowest BCUT2D eigenvalue weighted by Crippen LogP contribution is -2.67. The van der Waals surface area contributed by atoms with Crippen LogP contribution in [0.15, 0.2) is 0 Å². The number of hydrogen-bond donors (Lipinski definition) is 2. The van der Waals surface area contributed by atoms with E-state index in [4.69, 9.17) is 9.84 Å². The molecule has 0 aromatic carbocycles. The van der Waals surface area contributed by atoms with Crippen molar-refractivity contribution in [2.75, 3.05) is 19.8 Å². The molecule has 2 rings (SSSR count). The zero-order valence-electron chi connectivity index (χ0n) is 12.2. The van der Waals surface area contributed by atoms with Gasteiger partial charge < -0.3 is 15.2 Å². The zero-order chi connectivity index (χ0) is 13.2. The fourth-order valence-electron chi connectivity index (χ4n) is 3.52. The second-order valence-electron chi connectivity index (χ2n) is 6.84. The molecule has 106 valence electrons. The number of ether oxygens (including phenoxy) is 1. The summed E-state index contributed by atoms with van der Waals surface area (Å²) in [6.45, 7) is 8.67. The number of rotatable bonds is 7. The van der Waals surface area contributed by atoms with Gasteiger partial charge in [0.25, 0.3) is 0 Å². The van der Waals surface area contributed by atoms with Crippen LogP contribution in [0, 0.1) is 10.8 Å². The summed E-state index contributed by atoms with van der Waals surface area (Å²) < 4.78 is 5.87. The van der Waals surface area contributed by atoms with Crippen molar-refractivity contribution in [2.45, 2.75) is 65.0 Å². The van der Waals surface area contributed by atoms with Crippen LogP contribution < -0.4 is 5.32 Å². The van der Waals surface area contributed by atoms with E-state index >= 15 is 0 Å². The minimum atomic E-state index is 0.191. The quantitative estimate of drug-likeness (QED) is 0.733. The van der Waals surface area contributed by atoms with Gasteiger partial charge in [0.2, 0.25) is 0 Å². The van der Waals surface area contributed by atoms with Gasteiger partial charge in [-0.3, -0.25) is 0 Å². The predicted molar refractivity (Wildman–Crippen MR) is 73.6 cm³/mol. The molecule has 0 aromatic heterocycles. The maximum Gasteiger partial charge on any atom is 0.0661 e. The van der Waals surface area contributed by atoms with Gasteiger partial charge in [0.05, 0.1) is 6.10 Å². The Kier molecular flexibility index (Phi) is 4.35. The van der Waals surface area contributed by atoms with Crippen LogP contribution in [-0.4, -0.2) is 37.0 Å². The van der Waals surface area contributed by atoms with Gasteiger partial charge in [-0.1, -0.05) is 20.3 Å². The van der Waals surface area contributed by atoms with Crippen LogP contribution >= 0.6 is 0 Å². The molecule has 2 unspecified atom stereocenters. The second kappa shape index (κ2) is 5.48. The van der Waals surface area contributed by atoms with Gasteiger partial charge in [-0.2, -0.15) is 0 Å².